The molecule has 3 rings (SSSR count). The second kappa shape index (κ2) is 6.92. The third kappa shape index (κ3) is 3.04. The number of fused-ring (bicyclic) bond motifs is 1. The Morgan fingerprint density at radius 2 is 1.84 bits per heavy atom. The van der Waals surface area contributed by atoms with Crippen LogP contribution in [0.15, 0.2) is 40.9 Å². The summed E-state index contributed by atoms with van der Waals surface area (Å²) in [4.78, 5) is 12.6. The smallest absolute Gasteiger partial charge is 0.340 e. The van der Waals surface area contributed by atoms with E-state index < -0.39 is 0 Å². The Hall–Kier alpha value is -2.27. The Kier molecular flexibility index (Phi) is 4.86. The summed E-state index contributed by atoms with van der Waals surface area (Å²) in [6, 6.07) is 12.1. The molecule has 0 bridgehead atoms. The normalized spacial score (nSPS) is 10.9. The minimum Gasteiger partial charge on any atom is -0.496 e. The van der Waals surface area contributed by atoms with Gasteiger partial charge in [-0.25, -0.2) is 4.79 Å². The molecule has 0 aliphatic rings. The lowest BCUT2D eigenvalue weighted by atomic mass is 10.1. The van der Waals surface area contributed by atoms with Gasteiger partial charge in [-0.05, 0) is 61.0 Å². The Morgan fingerprint density at radius 1 is 1.16 bits per heavy atom. The summed E-state index contributed by atoms with van der Waals surface area (Å²) in [7, 11) is 1.61. The van der Waals surface area contributed by atoms with Crippen molar-refractivity contribution in [3.63, 3.8) is 0 Å². The van der Waals surface area contributed by atoms with Crippen LogP contribution in [0, 0.1) is 13.8 Å². The number of methoxy groups -OCH3 is 1. The van der Waals surface area contributed by atoms with E-state index in [9.17, 15) is 4.79 Å². The van der Waals surface area contributed by atoms with Crippen molar-refractivity contribution in [2.24, 2.45) is 0 Å². The molecule has 25 heavy (non-hydrogen) atoms. The van der Waals surface area contributed by atoms with E-state index in [-0.39, 0.29) is 5.97 Å². The molecule has 4 nitrogen and oxygen atoms in total. The third-order valence-electron chi connectivity index (χ3n) is 4.25. The fourth-order valence-electron chi connectivity index (χ4n) is 3.06. The number of hydrogen-bond donors (Lipinski definition) is 0. The standard InChI is InChI=1S/C20H20BrNO3/c1-5-25-20(23)19-13(3)22(14-8-6-12(2)7-9-14)17-11-16(21)18(24-4)10-15(17)19/h6-11H,5H2,1-4H3. The molecule has 0 saturated heterocycles. The van der Waals surface area contributed by atoms with Crippen LogP contribution in [0.3, 0.4) is 0 Å². The SMILES string of the molecule is CCOC(=O)c1c(C)n(-c2ccc(C)cc2)c2cc(Br)c(OC)cc12. The number of halogens is 1. The minimum absolute atomic E-state index is 0.319. The van der Waals surface area contributed by atoms with E-state index in [2.05, 4.69) is 51.7 Å². The van der Waals surface area contributed by atoms with Gasteiger partial charge in [0, 0.05) is 16.8 Å². The molecule has 0 N–H and O–H groups in total. The number of rotatable bonds is 4. The molecule has 0 radical (unpaired) electrons. The third-order valence-corrected chi connectivity index (χ3v) is 4.87. The summed E-state index contributed by atoms with van der Waals surface area (Å²) >= 11 is 3.54. The highest BCUT2D eigenvalue weighted by atomic mass is 79.9. The molecule has 3 aromatic rings. The van der Waals surface area contributed by atoms with Gasteiger partial charge in [0.15, 0.2) is 0 Å². The molecule has 0 spiro atoms. The molecule has 0 amide bonds. The van der Waals surface area contributed by atoms with Crippen molar-refractivity contribution in [1.82, 2.24) is 4.57 Å². The Morgan fingerprint density at radius 3 is 2.44 bits per heavy atom. The predicted molar refractivity (Wildman–Crippen MR) is 103 cm³/mol. The molecule has 0 atom stereocenters. The zero-order chi connectivity index (χ0) is 18.1. The van der Waals surface area contributed by atoms with Gasteiger partial charge < -0.3 is 14.0 Å². The summed E-state index contributed by atoms with van der Waals surface area (Å²) < 4.78 is 13.6. The average Bonchev–Trinajstić information content (AvgIpc) is 2.86. The van der Waals surface area contributed by atoms with E-state index in [4.69, 9.17) is 9.47 Å². The second-order valence-corrected chi connectivity index (χ2v) is 6.71. The maximum Gasteiger partial charge on any atom is 0.340 e. The van der Waals surface area contributed by atoms with E-state index in [0.29, 0.717) is 17.9 Å². The first-order valence-electron chi connectivity index (χ1n) is 8.10. The van der Waals surface area contributed by atoms with Crippen LogP contribution in [-0.4, -0.2) is 24.3 Å². The van der Waals surface area contributed by atoms with Gasteiger partial charge in [0.25, 0.3) is 0 Å². The van der Waals surface area contributed by atoms with Gasteiger partial charge in [-0.1, -0.05) is 17.7 Å². The van der Waals surface area contributed by atoms with Gasteiger partial charge in [0.1, 0.15) is 5.75 Å². The highest BCUT2D eigenvalue weighted by Gasteiger charge is 2.23. The van der Waals surface area contributed by atoms with E-state index in [1.54, 1.807) is 7.11 Å². The maximum absolute atomic E-state index is 12.6. The van der Waals surface area contributed by atoms with Gasteiger partial charge in [-0.3, -0.25) is 0 Å². The fourth-order valence-corrected chi connectivity index (χ4v) is 3.55. The van der Waals surface area contributed by atoms with Crippen molar-refractivity contribution in [1.29, 1.82) is 0 Å². The molecule has 1 heterocycles. The number of nitrogens with zero attached hydrogens (tertiary/aromatic N) is 1. The molecule has 0 aliphatic heterocycles. The van der Waals surface area contributed by atoms with Crippen molar-refractivity contribution < 1.29 is 14.3 Å². The average molecular weight is 402 g/mol. The van der Waals surface area contributed by atoms with Gasteiger partial charge in [0.2, 0.25) is 0 Å². The highest BCUT2D eigenvalue weighted by Crippen LogP contribution is 2.36. The molecule has 5 heteroatoms. The Labute approximate surface area is 155 Å². The molecule has 0 aliphatic carbocycles. The van der Waals surface area contributed by atoms with Crippen molar-refractivity contribution >= 4 is 32.8 Å². The molecule has 0 unspecified atom stereocenters. The van der Waals surface area contributed by atoms with Crippen LogP contribution < -0.4 is 4.74 Å². The summed E-state index contributed by atoms with van der Waals surface area (Å²) in [5, 5.41) is 0.816. The largest absolute Gasteiger partial charge is 0.496 e. The van der Waals surface area contributed by atoms with Crippen LogP contribution in [0.4, 0.5) is 0 Å². The van der Waals surface area contributed by atoms with Crippen LogP contribution in [-0.2, 0) is 4.74 Å². The van der Waals surface area contributed by atoms with Crippen molar-refractivity contribution in [3.8, 4) is 11.4 Å². The first-order chi connectivity index (χ1) is 12.0. The lowest BCUT2D eigenvalue weighted by molar-refractivity contribution is 0.0527. The first-order valence-corrected chi connectivity index (χ1v) is 8.90. The Bertz CT molecular complexity index is 942. The lowest BCUT2D eigenvalue weighted by Gasteiger charge is -2.10. The first kappa shape index (κ1) is 17.5. The molecule has 0 saturated carbocycles. The zero-order valence-corrected chi connectivity index (χ0v) is 16.3. The quantitative estimate of drug-likeness (QED) is 0.564. The van der Waals surface area contributed by atoms with E-state index in [0.717, 1.165) is 26.8 Å². The van der Waals surface area contributed by atoms with Crippen LogP contribution in [0.5, 0.6) is 5.75 Å². The fraction of sp³-hybridized carbons (Fsp3) is 0.250. The van der Waals surface area contributed by atoms with Crippen LogP contribution >= 0.6 is 15.9 Å². The van der Waals surface area contributed by atoms with Gasteiger partial charge in [-0.2, -0.15) is 0 Å². The number of esters is 1. The minimum atomic E-state index is -0.319. The topological polar surface area (TPSA) is 40.5 Å². The van der Waals surface area contributed by atoms with Crippen LogP contribution in [0.2, 0.25) is 0 Å². The summed E-state index contributed by atoms with van der Waals surface area (Å²) in [6.45, 7) is 6.13. The lowest BCUT2D eigenvalue weighted by Crippen LogP contribution is -2.07. The molecule has 1 aromatic heterocycles. The van der Waals surface area contributed by atoms with Gasteiger partial charge in [0.05, 0.1) is 29.3 Å². The van der Waals surface area contributed by atoms with Crippen molar-refractivity contribution in [3.05, 3.63) is 57.7 Å². The number of aryl methyl sites for hydroxylation is 1. The number of ether oxygens (including phenoxy) is 2. The molecule has 0 fully saturated rings. The maximum atomic E-state index is 12.6. The van der Waals surface area contributed by atoms with Crippen LogP contribution in [0.1, 0.15) is 28.5 Å². The molecule has 2 aromatic carbocycles. The number of aromatic nitrogens is 1. The highest BCUT2D eigenvalue weighted by molar-refractivity contribution is 9.10. The van der Waals surface area contributed by atoms with Crippen molar-refractivity contribution in [2.45, 2.75) is 20.8 Å². The summed E-state index contributed by atoms with van der Waals surface area (Å²) in [5.41, 5.74) is 4.53. The molecular formula is C20H20BrNO3. The number of benzene rings is 2. The summed E-state index contributed by atoms with van der Waals surface area (Å²) in [6.07, 6.45) is 0. The molecule has 130 valence electrons. The van der Waals surface area contributed by atoms with Gasteiger partial charge >= 0.3 is 5.97 Å². The van der Waals surface area contributed by atoms with E-state index >= 15 is 0 Å². The monoisotopic (exact) mass is 401 g/mol. The molecular weight excluding hydrogens is 382 g/mol. The number of carbonyl (C=O) groups is 1. The van der Waals surface area contributed by atoms with Crippen molar-refractivity contribution in [2.75, 3.05) is 13.7 Å². The van der Waals surface area contributed by atoms with Gasteiger partial charge in [-0.15, -0.1) is 0 Å². The zero-order valence-electron chi connectivity index (χ0n) is 14.7. The van der Waals surface area contributed by atoms with E-state index in [1.165, 1.54) is 5.56 Å². The predicted octanol–water partition coefficient (Wildman–Crippen LogP) is 5.20. The second-order valence-electron chi connectivity index (χ2n) is 5.86. The van der Waals surface area contributed by atoms with E-state index in [1.807, 2.05) is 26.0 Å². The number of hydrogen-bond acceptors (Lipinski definition) is 3. The van der Waals surface area contributed by atoms with Crippen LogP contribution in [0.25, 0.3) is 16.6 Å². The Balaban J connectivity index is 2.36. The summed E-state index contributed by atoms with van der Waals surface area (Å²) in [5.74, 6) is 0.361. The number of carbonyl (C=O) groups excluding carboxylic acids is 1.